The number of rotatable bonds is 0. The minimum Gasteiger partial charge on any atom is -0.286 e. The molecule has 11 heavy (non-hydrogen) atoms. The van der Waals surface area contributed by atoms with Crippen molar-refractivity contribution in [3.8, 4) is 0 Å². The first-order valence-electron chi connectivity index (χ1n) is 2.92. The second kappa shape index (κ2) is 2.36. The highest BCUT2D eigenvalue weighted by Gasteiger charge is 2.02. The van der Waals surface area contributed by atoms with Gasteiger partial charge in [0, 0.05) is 12.4 Å². The molecule has 0 radical (unpaired) electrons. The van der Waals surface area contributed by atoms with E-state index in [1.165, 1.54) is 6.20 Å². The molecule has 2 aromatic heterocycles. The fourth-order valence-electron chi connectivity index (χ4n) is 0.858. The number of imidazole rings is 1. The SMILES string of the molecule is Clc1ncc(Cl)n2ccnc12. The van der Waals surface area contributed by atoms with Crippen molar-refractivity contribution in [2.24, 2.45) is 0 Å². The number of fused-ring (bicyclic) bond motifs is 1. The molecule has 0 aromatic carbocycles. The molecule has 0 N–H and O–H groups in total. The van der Waals surface area contributed by atoms with Crippen molar-refractivity contribution < 1.29 is 0 Å². The fourth-order valence-corrected chi connectivity index (χ4v) is 1.23. The highest BCUT2D eigenvalue weighted by Crippen LogP contribution is 2.16. The summed E-state index contributed by atoms with van der Waals surface area (Å²) in [7, 11) is 0. The molecule has 0 aliphatic rings. The summed E-state index contributed by atoms with van der Waals surface area (Å²) in [5.74, 6) is 0. The van der Waals surface area contributed by atoms with Gasteiger partial charge in [0.05, 0.1) is 6.20 Å². The molecule has 56 valence electrons. The topological polar surface area (TPSA) is 30.2 Å². The quantitative estimate of drug-likeness (QED) is 0.633. The Kier molecular flexibility index (Phi) is 1.47. The van der Waals surface area contributed by atoms with Crippen LogP contribution in [0.4, 0.5) is 0 Å². The van der Waals surface area contributed by atoms with Crippen LogP contribution in [0.2, 0.25) is 10.3 Å². The third-order valence-corrected chi connectivity index (χ3v) is 1.89. The Morgan fingerprint density at radius 1 is 1.27 bits per heavy atom. The molecule has 0 bridgehead atoms. The van der Waals surface area contributed by atoms with Crippen molar-refractivity contribution in [3.63, 3.8) is 0 Å². The third-order valence-electron chi connectivity index (χ3n) is 1.34. The predicted molar refractivity (Wildman–Crippen MR) is 43.0 cm³/mol. The molecule has 3 nitrogen and oxygen atoms in total. The van der Waals surface area contributed by atoms with Gasteiger partial charge in [-0.3, -0.25) is 4.40 Å². The minimum absolute atomic E-state index is 0.361. The second-order valence-corrected chi connectivity index (χ2v) is 2.74. The molecule has 5 heteroatoms. The molecule has 2 aromatic rings. The average Bonchev–Trinajstić information content (AvgIpc) is 2.45. The van der Waals surface area contributed by atoms with E-state index in [2.05, 4.69) is 9.97 Å². The molecule has 0 unspecified atom stereocenters. The Balaban J connectivity index is 2.96. The molecule has 0 spiro atoms. The van der Waals surface area contributed by atoms with E-state index in [1.807, 2.05) is 0 Å². The van der Waals surface area contributed by atoms with Gasteiger partial charge in [-0.2, -0.15) is 0 Å². The Morgan fingerprint density at radius 2 is 2.09 bits per heavy atom. The van der Waals surface area contributed by atoms with E-state index in [9.17, 15) is 0 Å². The van der Waals surface area contributed by atoms with Crippen LogP contribution in [0.3, 0.4) is 0 Å². The van der Waals surface area contributed by atoms with Crippen molar-refractivity contribution in [3.05, 3.63) is 28.9 Å². The van der Waals surface area contributed by atoms with E-state index >= 15 is 0 Å². The van der Waals surface area contributed by atoms with Gasteiger partial charge in [-0.15, -0.1) is 0 Å². The molecule has 0 saturated carbocycles. The van der Waals surface area contributed by atoms with Crippen LogP contribution in [0, 0.1) is 0 Å². The molecule has 0 aliphatic carbocycles. The summed E-state index contributed by atoms with van der Waals surface area (Å²) in [4.78, 5) is 7.79. The first-order valence-corrected chi connectivity index (χ1v) is 3.67. The zero-order valence-corrected chi connectivity index (χ0v) is 6.84. The zero-order chi connectivity index (χ0) is 7.84. The van der Waals surface area contributed by atoms with E-state index < -0.39 is 0 Å². The molecular weight excluding hydrogens is 185 g/mol. The van der Waals surface area contributed by atoms with Gasteiger partial charge >= 0.3 is 0 Å². The Labute approximate surface area is 72.6 Å². The first kappa shape index (κ1) is 6.88. The normalized spacial score (nSPS) is 10.7. The maximum Gasteiger partial charge on any atom is 0.175 e. The fraction of sp³-hybridized carbons (Fsp3) is 0. The minimum atomic E-state index is 0.361. The van der Waals surface area contributed by atoms with Gasteiger partial charge in [0.2, 0.25) is 0 Å². The zero-order valence-electron chi connectivity index (χ0n) is 5.33. The maximum absolute atomic E-state index is 5.77. The molecule has 0 saturated heterocycles. The molecule has 0 amide bonds. The third kappa shape index (κ3) is 0.968. The monoisotopic (exact) mass is 187 g/mol. The summed E-state index contributed by atoms with van der Waals surface area (Å²) in [5.41, 5.74) is 0.583. The van der Waals surface area contributed by atoms with Crippen molar-refractivity contribution >= 4 is 28.8 Å². The van der Waals surface area contributed by atoms with E-state index in [4.69, 9.17) is 23.2 Å². The van der Waals surface area contributed by atoms with Crippen molar-refractivity contribution in [2.75, 3.05) is 0 Å². The van der Waals surface area contributed by atoms with E-state index in [1.54, 1.807) is 16.8 Å². The first-order chi connectivity index (χ1) is 5.29. The van der Waals surface area contributed by atoms with Crippen LogP contribution in [0.25, 0.3) is 5.65 Å². The summed E-state index contributed by atoms with van der Waals surface area (Å²) in [6.45, 7) is 0. The number of nitrogens with zero attached hydrogens (tertiary/aromatic N) is 3. The van der Waals surface area contributed by atoms with Gasteiger partial charge in [0.15, 0.2) is 10.8 Å². The van der Waals surface area contributed by atoms with Crippen LogP contribution < -0.4 is 0 Å². The van der Waals surface area contributed by atoms with Crippen molar-refractivity contribution in [1.82, 2.24) is 14.4 Å². The van der Waals surface area contributed by atoms with Gasteiger partial charge in [-0.05, 0) is 0 Å². The van der Waals surface area contributed by atoms with Crippen LogP contribution in [-0.4, -0.2) is 14.4 Å². The molecule has 2 heterocycles. The number of hydrogen-bond donors (Lipinski definition) is 0. The van der Waals surface area contributed by atoms with Crippen LogP contribution in [0.15, 0.2) is 18.6 Å². The van der Waals surface area contributed by atoms with Gasteiger partial charge in [-0.25, -0.2) is 9.97 Å². The highest BCUT2D eigenvalue weighted by atomic mass is 35.5. The Hall–Kier alpha value is -0.800. The van der Waals surface area contributed by atoms with Gasteiger partial charge in [0.1, 0.15) is 5.15 Å². The van der Waals surface area contributed by atoms with Crippen molar-refractivity contribution in [1.29, 1.82) is 0 Å². The summed E-state index contributed by atoms with van der Waals surface area (Å²) in [6, 6.07) is 0. The maximum atomic E-state index is 5.77. The summed E-state index contributed by atoms with van der Waals surface area (Å²) in [5, 5.41) is 0.862. The van der Waals surface area contributed by atoms with Gasteiger partial charge in [0.25, 0.3) is 0 Å². The lowest BCUT2D eigenvalue weighted by Gasteiger charge is -1.96. The van der Waals surface area contributed by atoms with Crippen molar-refractivity contribution in [2.45, 2.75) is 0 Å². The Bertz CT molecular complexity index is 360. The second-order valence-electron chi connectivity index (χ2n) is 1.99. The number of hydrogen-bond acceptors (Lipinski definition) is 2. The lowest BCUT2D eigenvalue weighted by Crippen LogP contribution is -1.88. The lowest BCUT2D eigenvalue weighted by molar-refractivity contribution is 1.13. The lowest BCUT2D eigenvalue weighted by atomic mass is 10.7. The van der Waals surface area contributed by atoms with Gasteiger partial charge in [-0.1, -0.05) is 23.2 Å². The van der Waals surface area contributed by atoms with Crippen LogP contribution >= 0.6 is 23.2 Å². The smallest absolute Gasteiger partial charge is 0.175 e. The number of halogens is 2. The van der Waals surface area contributed by atoms with E-state index in [-0.39, 0.29) is 0 Å². The average molecular weight is 188 g/mol. The Morgan fingerprint density at radius 3 is 2.82 bits per heavy atom. The van der Waals surface area contributed by atoms with Crippen LogP contribution in [0.5, 0.6) is 0 Å². The molecule has 2 rings (SSSR count). The number of aromatic nitrogens is 3. The van der Waals surface area contributed by atoms with Crippen LogP contribution in [-0.2, 0) is 0 Å². The summed E-state index contributed by atoms with van der Waals surface area (Å²) >= 11 is 11.5. The molecule has 0 atom stereocenters. The van der Waals surface area contributed by atoms with Gasteiger partial charge < -0.3 is 0 Å². The molecular formula is C6H3Cl2N3. The standard InChI is InChI=1S/C6H3Cl2N3/c7-4-3-10-5(8)6-9-1-2-11(4)6/h1-3H. The van der Waals surface area contributed by atoms with Crippen LogP contribution in [0.1, 0.15) is 0 Å². The highest BCUT2D eigenvalue weighted by molar-refractivity contribution is 6.33. The van der Waals surface area contributed by atoms with E-state index in [0.717, 1.165) is 0 Å². The largest absolute Gasteiger partial charge is 0.286 e. The predicted octanol–water partition coefficient (Wildman–Crippen LogP) is 2.04. The molecule has 0 aliphatic heterocycles. The summed E-state index contributed by atoms with van der Waals surface area (Å²) < 4.78 is 1.66. The van der Waals surface area contributed by atoms with E-state index in [0.29, 0.717) is 16.0 Å². The molecule has 0 fully saturated rings. The summed E-state index contributed by atoms with van der Waals surface area (Å²) in [6.07, 6.45) is 4.83.